The highest BCUT2D eigenvalue weighted by Crippen LogP contribution is 2.37. The summed E-state index contributed by atoms with van der Waals surface area (Å²) < 4.78 is 56.3. The minimum atomic E-state index is -4.90. The van der Waals surface area contributed by atoms with E-state index in [-0.39, 0.29) is 5.75 Å². The Hall–Kier alpha value is -2.74. The summed E-state index contributed by atoms with van der Waals surface area (Å²) in [6.45, 7) is 0. The van der Waals surface area contributed by atoms with Gasteiger partial charge in [-0.05, 0) is 6.07 Å². The summed E-state index contributed by atoms with van der Waals surface area (Å²) in [5.41, 5.74) is -2.48. The fourth-order valence-electron chi connectivity index (χ4n) is 1.27. The summed E-state index contributed by atoms with van der Waals surface area (Å²) in [5.74, 6) is -1.77. The first-order valence-electron chi connectivity index (χ1n) is 5.05. The van der Waals surface area contributed by atoms with Crippen molar-refractivity contribution in [3.63, 3.8) is 0 Å². The summed E-state index contributed by atoms with van der Waals surface area (Å²) in [7, 11) is 1.13. The first kappa shape index (κ1) is 15.3. The first-order valence-corrected chi connectivity index (χ1v) is 5.05. The van der Waals surface area contributed by atoms with Crippen molar-refractivity contribution in [1.29, 1.82) is 10.5 Å². The number of allylic oxidation sites excluding steroid dienone is 1. The summed E-state index contributed by atoms with van der Waals surface area (Å²) >= 11 is 0. The van der Waals surface area contributed by atoms with Gasteiger partial charge in [0.2, 0.25) is 0 Å². The highest BCUT2D eigenvalue weighted by molar-refractivity contribution is 5.56. The number of ether oxygens (including phenoxy) is 1. The monoisotopic (exact) mass is 285 g/mol. The number of methoxy groups -OCH3 is 1. The zero-order chi connectivity index (χ0) is 15.3. The van der Waals surface area contributed by atoms with Crippen LogP contribution in [-0.4, -0.2) is 7.11 Å². The molecule has 1 N–H and O–H groups in total. The largest absolute Gasteiger partial charge is 0.497 e. The van der Waals surface area contributed by atoms with Gasteiger partial charge in [0.15, 0.2) is 5.82 Å². The van der Waals surface area contributed by atoms with Crippen LogP contribution in [0.15, 0.2) is 23.9 Å². The van der Waals surface area contributed by atoms with Crippen LogP contribution in [0, 0.1) is 28.5 Å². The van der Waals surface area contributed by atoms with E-state index in [0.717, 1.165) is 19.4 Å². The van der Waals surface area contributed by atoms with Crippen LogP contribution in [0.4, 0.5) is 23.2 Å². The van der Waals surface area contributed by atoms with E-state index in [4.69, 9.17) is 10.5 Å². The summed E-state index contributed by atoms with van der Waals surface area (Å²) in [4.78, 5) is 0. The molecule has 1 aromatic rings. The molecule has 0 bridgehead atoms. The van der Waals surface area contributed by atoms with E-state index >= 15 is 0 Å². The molecule has 0 spiro atoms. The fraction of sp³-hybridized carbons (Fsp3) is 0.167. The number of nitrogens with zero attached hydrogens (tertiary/aromatic N) is 2. The summed E-state index contributed by atoms with van der Waals surface area (Å²) in [6.07, 6.45) is -4.09. The fourth-order valence-corrected chi connectivity index (χ4v) is 1.27. The summed E-state index contributed by atoms with van der Waals surface area (Å²) in [5, 5.41) is 19.1. The first-order chi connectivity index (χ1) is 9.33. The molecular formula is C12H7F4N3O. The number of hydrogen-bond donors (Lipinski definition) is 1. The molecule has 8 heteroatoms. The van der Waals surface area contributed by atoms with Gasteiger partial charge in [-0.25, -0.2) is 4.39 Å². The number of rotatable bonds is 3. The zero-order valence-corrected chi connectivity index (χ0v) is 10.0. The van der Waals surface area contributed by atoms with Crippen LogP contribution in [0.3, 0.4) is 0 Å². The van der Waals surface area contributed by atoms with Gasteiger partial charge in [-0.3, -0.25) is 0 Å². The SMILES string of the molecule is COc1cc(NC=C(C#N)C#N)c(F)c(C(F)(F)F)c1. The highest BCUT2D eigenvalue weighted by Gasteiger charge is 2.35. The number of alkyl halides is 3. The molecule has 20 heavy (non-hydrogen) atoms. The molecule has 104 valence electrons. The molecule has 0 aliphatic heterocycles. The van der Waals surface area contributed by atoms with Crippen molar-refractivity contribution in [3.05, 3.63) is 35.3 Å². The third-order valence-corrected chi connectivity index (χ3v) is 2.20. The second kappa shape index (κ2) is 5.93. The van der Waals surface area contributed by atoms with Gasteiger partial charge in [0.25, 0.3) is 0 Å². The van der Waals surface area contributed by atoms with Crippen molar-refractivity contribution in [1.82, 2.24) is 0 Å². The Balaban J connectivity index is 3.31. The minimum absolute atomic E-state index is 0.218. The molecule has 1 rings (SSSR count). The third kappa shape index (κ3) is 3.39. The van der Waals surface area contributed by atoms with Crippen LogP contribution in [0.5, 0.6) is 5.75 Å². The molecule has 0 radical (unpaired) electrons. The Bertz CT molecular complexity index is 607. The highest BCUT2D eigenvalue weighted by atomic mass is 19.4. The number of hydrogen-bond acceptors (Lipinski definition) is 4. The van der Waals surface area contributed by atoms with Crippen LogP contribution in [0.25, 0.3) is 0 Å². The third-order valence-electron chi connectivity index (χ3n) is 2.20. The molecule has 0 atom stereocenters. The second-order valence-corrected chi connectivity index (χ2v) is 3.46. The molecule has 1 aromatic carbocycles. The topological polar surface area (TPSA) is 68.8 Å². The van der Waals surface area contributed by atoms with Crippen LogP contribution in [0.1, 0.15) is 5.56 Å². The van der Waals surface area contributed by atoms with E-state index in [1.165, 1.54) is 12.1 Å². The number of anilines is 1. The molecule has 0 heterocycles. The van der Waals surface area contributed by atoms with Crippen LogP contribution in [-0.2, 0) is 6.18 Å². The predicted molar refractivity (Wildman–Crippen MR) is 60.9 cm³/mol. The average molecular weight is 285 g/mol. The van der Waals surface area contributed by atoms with Gasteiger partial charge in [0, 0.05) is 12.3 Å². The van der Waals surface area contributed by atoms with Gasteiger partial charge in [-0.2, -0.15) is 23.7 Å². The summed E-state index contributed by atoms with van der Waals surface area (Å²) in [6, 6.07) is 4.45. The van der Waals surface area contributed by atoms with Gasteiger partial charge in [0.05, 0.1) is 18.4 Å². The van der Waals surface area contributed by atoms with Crippen molar-refractivity contribution in [2.75, 3.05) is 12.4 Å². The van der Waals surface area contributed by atoms with Gasteiger partial charge in [0.1, 0.15) is 23.5 Å². The Labute approximate surface area is 111 Å². The van der Waals surface area contributed by atoms with Crippen molar-refractivity contribution < 1.29 is 22.3 Å². The average Bonchev–Trinajstić information content (AvgIpc) is 2.40. The van der Waals surface area contributed by atoms with E-state index in [1.54, 1.807) is 0 Å². The van der Waals surface area contributed by atoms with Crippen molar-refractivity contribution >= 4 is 5.69 Å². The number of nitriles is 2. The van der Waals surface area contributed by atoms with Crippen molar-refractivity contribution in [2.45, 2.75) is 6.18 Å². The van der Waals surface area contributed by atoms with E-state index in [2.05, 4.69) is 10.1 Å². The van der Waals surface area contributed by atoms with Crippen LogP contribution in [0.2, 0.25) is 0 Å². The van der Waals surface area contributed by atoms with Crippen molar-refractivity contribution in [3.8, 4) is 17.9 Å². The van der Waals surface area contributed by atoms with Gasteiger partial charge >= 0.3 is 6.18 Å². The van der Waals surface area contributed by atoms with E-state index in [0.29, 0.717) is 6.07 Å². The quantitative estimate of drug-likeness (QED) is 0.684. The van der Waals surface area contributed by atoms with E-state index in [1.807, 2.05) is 0 Å². The van der Waals surface area contributed by atoms with Crippen LogP contribution >= 0.6 is 0 Å². The lowest BCUT2D eigenvalue weighted by Gasteiger charge is -2.13. The molecule has 0 unspecified atom stereocenters. The second-order valence-electron chi connectivity index (χ2n) is 3.46. The number of nitrogens with one attached hydrogen (secondary N) is 1. The van der Waals surface area contributed by atoms with E-state index in [9.17, 15) is 17.6 Å². The van der Waals surface area contributed by atoms with Gasteiger partial charge < -0.3 is 10.1 Å². The molecule has 0 fully saturated rings. The minimum Gasteiger partial charge on any atom is -0.497 e. The van der Waals surface area contributed by atoms with Crippen molar-refractivity contribution in [2.24, 2.45) is 0 Å². The number of halogens is 4. The lowest BCUT2D eigenvalue weighted by molar-refractivity contribution is -0.140. The Morgan fingerprint density at radius 1 is 1.30 bits per heavy atom. The Kier molecular flexibility index (Phi) is 4.54. The van der Waals surface area contributed by atoms with Gasteiger partial charge in [-0.15, -0.1) is 0 Å². The molecular weight excluding hydrogens is 278 g/mol. The maximum atomic E-state index is 13.7. The molecule has 0 aromatic heterocycles. The Morgan fingerprint density at radius 2 is 1.90 bits per heavy atom. The normalized spacial score (nSPS) is 10.2. The smallest absolute Gasteiger partial charge is 0.419 e. The molecule has 0 aliphatic carbocycles. The molecule has 0 saturated carbocycles. The lowest BCUT2D eigenvalue weighted by Crippen LogP contribution is -2.10. The van der Waals surface area contributed by atoms with E-state index < -0.39 is 28.8 Å². The Morgan fingerprint density at radius 3 is 2.35 bits per heavy atom. The number of benzene rings is 1. The molecule has 0 saturated heterocycles. The molecule has 4 nitrogen and oxygen atoms in total. The molecule has 0 amide bonds. The maximum absolute atomic E-state index is 13.7. The standard InChI is InChI=1S/C12H7F4N3O/c1-20-8-2-9(12(14,15)16)11(13)10(3-8)19-6-7(4-17)5-18/h2-3,6,19H,1H3. The molecule has 0 aliphatic rings. The maximum Gasteiger partial charge on any atom is 0.419 e. The van der Waals surface area contributed by atoms with Crippen LogP contribution < -0.4 is 10.1 Å². The zero-order valence-electron chi connectivity index (χ0n) is 10.0. The lowest BCUT2D eigenvalue weighted by atomic mass is 10.1. The predicted octanol–water partition coefficient (Wildman–Crippen LogP) is 3.20. The van der Waals surface area contributed by atoms with Gasteiger partial charge in [-0.1, -0.05) is 0 Å².